The number of allylic oxidation sites excluding steroid dienone is 1. The third-order valence-electron chi connectivity index (χ3n) is 3.75. The molecule has 7 nitrogen and oxygen atoms in total. The molecule has 0 spiro atoms. The van der Waals surface area contributed by atoms with Crippen LogP contribution in [0.5, 0.6) is 11.5 Å². The highest BCUT2D eigenvalue weighted by atomic mass is 79.9. The first-order valence-corrected chi connectivity index (χ1v) is 8.76. The van der Waals surface area contributed by atoms with Crippen molar-refractivity contribution in [2.45, 2.75) is 32.7 Å². The SMILES string of the molecule is CCCC1=C(C(=O)OCC)[C@H](c2cc(Br)c(O)c(OC)c2)NC(=O)N1. The summed E-state index contributed by atoms with van der Waals surface area (Å²) >= 11 is 3.26. The van der Waals surface area contributed by atoms with Crippen LogP contribution in [0.1, 0.15) is 38.3 Å². The van der Waals surface area contributed by atoms with Gasteiger partial charge in [-0.05, 0) is 47.0 Å². The maximum Gasteiger partial charge on any atom is 0.338 e. The second-order valence-electron chi connectivity index (χ2n) is 5.45. The standard InChI is InChI=1S/C17H21BrN2O5/c1-4-6-11-13(16(22)25-5-2)14(20-17(23)19-11)9-7-10(18)15(21)12(8-9)24-3/h7-8,14,21H,4-6H2,1-3H3,(H2,19,20,23)/t14-/m0/s1. The van der Waals surface area contributed by atoms with Crippen LogP contribution in [0.3, 0.4) is 0 Å². The maximum atomic E-state index is 12.5. The van der Waals surface area contributed by atoms with E-state index in [9.17, 15) is 14.7 Å². The number of nitrogens with one attached hydrogen (secondary N) is 2. The number of phenols is 1. The highest BCUT2D eigenvalue weighted by Gasteiger charge is 2.34. The minimum absolute atomic E-state index is 0.0537. The predicted octanol–water partition coefficient (Wildman–Crippen LogP) is 3.13. The van der Waals surface area contributed by atoms with Gasteiger partial charge in [0.15, 0.2) is 11.5 Å². The van der Waals surface area contributed by atoms with Gasteiger partial charge in [0.1, 0.15) is 0 Å². The van der Waals surface area contributed by atoms with Gasteiger partial charge in [0, 0.05) is 5.70 Å². The topological polar surface area (TPSA) is 96.9 Å². The maximum absolute atomic E-state index is 12.5. The summed E-state index contributed by atoms with van der Waals surface area (Å²) in [6, 6.07) is 2.11. The van der Waals surface area contributed by atoms with Crippen molar-refractivity contribution in [2.24, 2.45) is 0 Å². The lowest BCUT2D eigenvalue weighted by atomic mass is 9.93. The zero-order chi connectivity index (χ0) is 18.6. The van der Waals surface area contributed by atoms with Crippen LogP contribution in [-0.4, -0.2) is 30.8 Å². The van der Waals surface area contributed by atoms with Gasteiger partial charge in [-0.1, -0.05) is 13.3 Å². The second kappa shape index (κ2) is 8.24. The average Bonchev–Trinajstić information content (AvgIpc) is 2.57. The number of hydrogen-bond donors (Lipinski definition) is 3. The molecule has 1 aromatic rings. The summed E-state index contributed by atoms with van der Waals surface area (Å²) in [7, 11) is 1.43. The zero-order valence-corrected chi connectivity index (χ0v) is 15.9. The number of rotatable bonds is 6. The number of carbonyl (C=O) groups is 2. The fraction of sp³-hybridized carbons (Fsp3) is 0.412. The van der Waals surface area contributed by atoms with E-state index in [-0.39, 0.29) is 18.1 Å². The van der Waals surface area contributed by atoms with Crippen molar-refractivity contribution in [3.63, 3.8) is 0 Å². The lowest BCUT2D eigenvalue weighted by Gasteiger charge is -2.29. The lowest BCUT2D eigenvalue weighted by Crippen LogP contribution is -2.46. The summed E-state index contributed by atoms with van der Waals surface area (Å²) in [5.74, 6) is -0.314. The predicted molar refractivity (Wildman–Crippen MR) is 95.3 cm³/mol. The molecule has 1 heterocycles. The number of halogens is 1. The van der Waals surface area contributed by atoms with Gasteiger partial charge < -0.3 is 25.2 Å². The molecule has 0 saturated carbocycles. The van der Waals surface area contributed by atoms with Gasteiger partial charge >= 0.3 is 12.0 Å². The summed E-state index contributed by atoms with van der Waals surface area (Å²) in [5, 5.41) is 15.4. The van der Waals surface area contributed by atoms with E-state index in [1.165, 1.54) is 7.11 Å². The van der Waals surface area contributed by atoms with Crippen LogP contribution in [0.15, 0.2) is 27.9 Å². The van der Waals surface area contributed by atoms with E-state index in [2.05, 4.69) is 26.6 Å². The number of urea groups is 1. The van der Waals surface area contributed by atoms with Crippen LogP contribution in [0, 0.1) is 0 Å². The Balaban J connectivity index is 2.59. The fourth-order valence-corrected chi connectivity index (χ4v) is 3.14. The number of hydrogen-bond acceptors (Lipinski definition) is 5. The molecule has 1 aliphatic heterocycles. The quantitative estimate of drug-likeness (QED) is 0.623. The Morgan fingerprint density at radius 1 is 1.36 bits per heavy atom. The molecule has 1 aromatic carbocycles. The molecule has 1 atom stereocenters. The smallest absolute Gasteiger partial charge is 0.338 e. The van der Waals surface area contributed by atoms with Crippen LogP contribution in [0.4, 0.5) is 4.79 Å². The van der Waals surface area contributed by atoms with Crippen LogP contribution < -0.4 is 15.4 Å². The van der Waals surface area contributed by atoms with Gasteiger partial charge in [-0.25, -0.2) is 9.59 Å². The van der Waals surface area contributed by atoms with Crippen molar-refractivity contribution in [1.29, 1.82) is 0 Å². The molecule has 1 aliphatic rings. The number of carbonyl (C=O) groups excluding carboxylic acids is 2. The largest absolute Gasteiger partial charge is 0.503 e. The number of phenolic OH excluding ortho intramolecular Hbond substituents is 1. The van der Waals surface area contributed by atoms with E-state index in [0.29, 0.717) is 27.7 Å². The Kier molecular flexibility index (Phi) is 6.30. The van der Waals surface area contributed by atoms with Crippen LogP contribution in [0.25, 0.3) is 0 Å². The van der Waals surface area contributed by atoms with Crippen molar-refractivity contribution in [2.75, 3.05) is 13.7 Å². The number of aromatic hydroxyl groups is 1. The minimum Gasteiger partial charge on any atom is -0.503 e. The van der Waals surface area contributed by atoms with E-state index in [0.717, 1.165) is 6.42 Å². The molecule has 0 unspecified atom stereocenters. The summed E-state index contributed by atoms with van der Waals surface area (Å²) in [6.07, 6.45) is 1.29. The Morgan fingerprint density at radius 2 is 2.08 bits per heavy atom. The first-order chi connectivity index (χ1) is 11.9. The summed E-state index contributed by atoms with van der Waals surface area (Å²) in [4.78, 5) is 24.6. The van der Waals surface area contributed by atoms with Gasteiger partial charge in [0.25, 0.3) is 0 Å². The summed E-state index contributed by atoms with van der Waals surface area (Å²) in [6.45, 7) is 3.91. The van der Waals surface area contributed by atoms with Crippen molar-refractivity contribution in [1.82, 2.24) is 10.6 Å². The van der Waals surface area contributed by atoms with E-state index in [4.69, 9.17) is 9.47 Å². The molecule has 8 heteroatoms. The third-order valence-corrected chi connectivity index (χ3v) is 4.36. The van der Waals surface area contributed by atoms with Gasteiger partial charge in [-0.2, -0.15) is 0 Å². The molecule has 0 radical (unpaired) electrons. The Morgan fingerprint density at radius 3 is 2.68 bits per heavy atom. The van der Waals surface area contributed by atoms with Crippen molar-refractivity contribution in [3.8, 4) is 11.5 Å². The van der Waals surface area contributed by atoms with E-state index in [1.807, 2.05) is 6.92 Å². The van der Waals surface area contributed by atoms with Crippen LogP contribution in [-0.2, 0) is 9.53 Å². The van der Waals surface area contributed by atoms with Gasteiger partial charge in [0.2, 0.25) is 0 Å². The van der Waals surface area contributed by atoms with E-state index >= 15 is 0 Å². The minimum atomic E-state index is -0.708. The van der Waals surface area contributed by atoms with Crippen molar-refractivity contribution < 1.29 is 24.2 Å². The number of ether oxygens (including phenoxy) is 2. The molecule has 136 valence electrons. The lowest BCUT2D eigenvalue weighted by molar-refractivity contribution is -0.139. The molecule has 0 bridgehead atoms. The molecular formula is C17H21BrN2O5. The number of benzene rings is 1. The molecule has 2 amide bonds. The molecule has 0 aromatic heterocycles. The molecule has 25 heavy (non-hydrogen) atoms. The second-order valence-corrected chi connectivity index (χ2v) is 6.30. The Bertz CT molecular complexity index is 717. The van der Waals surface area contributed by atoms with E-state index in [1.54, 1.807) is 19.1 Å². The Hall–Kier alpha value is -2.22. The molecule has 0 saturated heterocycles. The molecule has 2 rings (SSSR count). The normalized spacial score (nSPS) is 17.0. The molecule has 3 N–H and O–H groups in total. The molecule has 0 fully saturated rings. The fourth-order valence-electron chi connectivity index (χ4n) is 2.68. The third kappa shape index (κ3) is 4.07. The Labute approximate surface area is 154 Å². The number of methoxy groups -OCH3 is 1. The zero-order valence-electron chi connectivity index (χ0n) is 14.3. The number of esters is 1. The van der Waals surface area contributed by atoms with Crippen LogP contribution in [0.2, 0.25) is 0 Å². The summed E-state index contributed by atoms with van der Waals surface area (Å²) in [5.41, 5.74) is 1.48. The van der Waals surface area contributed by atoms with Gasteiger partial charge in [-0.3, -0.25) is 0 Å². The van der Waals surface area contributed by atoms with Gasteiger partial charge in [-0.15, -0.1) is 0 Å². The summed E-state index contributed by atoms with van der Waals surface area (Å²) < 4.78 is 10.7. The molecule has 0 aliphatic carbocycles. The highest BCUT2D eigenvalue weighted by molar-refractivity contribution is 9.10. The number of amides is 2. The highest BCUT2D eigenvalue weighted by Crippen LogP contribution is 2.39. The van der Waals surface area contributed by atoms with Crippen molar-refractivity contribution >= 4 is 27.9 Å². The average molecular weight is 413 g/mol. The monoisotopic (exact) mass is 412 g/mol. The van der Waals surface area contributed by atoms with E-state index < -0.39 is 18.0 Å². The molecular weight excluding hydrogens is 392 g/mol. The van der Waals surface area contributed by atoms with Gasteiger partial charge in [0.05, 0.1) is 29.8 Å². The first-order valence-electron chi connectivity index (χ1n) is 7.96. The first kappa shape index (κ1) is 19.1. The van der Waals surface area contributed by atoms with Crippen LogP contribution >= 0.6 is 15.9 Å². The van der Waals surface area contributed by atoms with Crippen molar-refractivity contribution in [3.05, 3.63) is 33.4 Å².